The number of hydrogen-bond acceptors (Lipinski definition) is 3. The average molecular weight is 287 g/mol. The van der Waals surface area contributed by atoms with Gasteiger partial charge >= 0.3 is 6.03 Å². The molecule has 0 aromatic heterocycles. The van der Waals surface area contributed by atoms with Crippen LogP contribution in [0.4, 0.5) is 10.5 Å². The maximum atomic E-state index is 12.1. The van der Waals surface area contributed by atoms with Crippen molar-refractivity contribution >= 4 is 35.1 Å². The van der Waals surface area contributed by atoms with E-state index in [2.05, 4.69) is 5.32 Å². The molecule has 0 spiro atoms. The van der Waals surface area contributed by atoms with Crippen LogP contribution in [0.1, 0.15) is 0 Å². The van der Waals surface area contributed by atoms with Gasteiger partial charge in [-0.15, -0.1) is 11.8 Å². The first-order chi connectivity index (χ1) is 8.70. The van der Waals surface area contributed by atoms with E-state index in [-0.39, 0.29) is 6.03 Å². The van der Waals surface area contributed by atoms with Gasteiger partial charge in [-0.25, -0.2) is 4.79 Å². The van der Waals surface area contributed by atoms with Gasteiger partial charge in [-0.1, -0.05) is 11.6 Å². The zero-order valence-corrected chi connectivity index (χ0v) is 11.7. The van der Waals surface area contributed by atoms with Gasteiger partial charge in [-0.3, -0.25) is 0 Å². The molecular formula is C12H15ClN2O2S. The summed E-state index contributed by atoms with van der Waals surface area (Å²) in [6, 6.07) is 5.39. The Labute approximate surface area is 116 Å². The highest BCUT2D eigenvalue weighted by molar-refractivity contribution is 7.98. The Hall–Kier alpha value is -0.910. The molecule has 1 N–H and O–H groups in total. The second-order valence-corrected chi connectivity index (χ2v) is 5.16. The van der Waals surface area contributed by atoms with Gasteiger partial charge in [0.05, 0.1) is 18.9 Å². The van der Waals surface area contributed by atoms with E-state index < -0.39 is 0 Å². The first-order valence-electron chi connectivity index (χ1n) is 5.68. The Morgan fingerprint density at radius 1 is 1.44 bits per heavy atom. The van der Waals surface area contributed by atoms with E-state index in [1.807, 2.05) is 18.4 Å². The second kappa shape index (κ2) is 6.31. The number of carbonyl (C=O) groups is 1. The smallest absolute Gasteiger partial charge is 0.322 e. The van der Waals surface area contributed by atoms with Crippen LogP contribution in [-0.4, -0.2) is 43.5 Å². The maximum absolute atomic E-state index is 12.1. The standard InChI is InChI=1S/C12H15ClN2O2S/c1-18-11-3-2-9(13)8-10(11)14-12(16)15-4-6-17-7-5-15/h2-3,8H,4-7H2,1H3,(H,14,16). The number of urea groups is 1. The highest BCUT2D eigenvalue weighted by Crippen LogP contribution is 2.28. The molecule has 0 bridgehead atoms. The van der Waals surface area contributed by atoms with Crippen molar-refractivity contribution in [3.63, 3.8) is 0 Å². The van der Waals surface area contributed by atoms with Gasteiger partial charge in [0.1, 0.15) is 0 Å². The summed E-state index contributed by atoms with van der Waals surface area (Å²) >= 11 is 7.53. The zero-order valence-electron chi connectivity index (χ0n) is 10.1. The first kappa shape index (κ1) is 13.5. The summed E-state index contributed by atoms with van der Waals surface area (Å²) in [6.45, 7) is 2.44. The molecule has 0 radical (unpaired) electrons. The number of amides is 2. The van der Waals surface area contributed by atoms with Crippen molar-refractivity contribution in [3.8, 4) is 0 Å². The molecule has 0 atom stereocenters. The Kier molecular flexibility index (Phi) is 4.74. The summed E-state index contributed by atoms with van der Waals surface area (Å²) in [7, 11) is 0. The Balaban J connectivity index is 2.07. The molecule has 1 aliphatic rings. The summed E-state index contributed by atoms with van der Waals surface area (Å²) in [5.41, 5.74) is 0.756. The third kappa shape index (κ3) is 3.31. The number of ether oxygens (including phenoxy) is 1. The number of benzene rings is 1. The van der Waals surface area contributed by atoms with Crippen LogP contribution in [0.15, 0.2) is 23.1 Å². The van der Waals surface area contributed by atoms with E-state index in [1.54, 1.807) is 22.7 Å². The van der Waals surface area contributed by atoms with Crippen LogP contribution in [0, 0.1) is 0 Å². The van der Waals surface area contributed by atoms with Gasteiger partial charge in [0.25, 0.3) is 0 Å². The lowest BCUT2D eigenvalue weighted by Crippen LogP contribution is -2.43. The fraction of sp³-hybridized carbons (Fsp3) is 0.417. The average Bonchev–Trinajstić information content (AvgIpc) is 2.40. The molecule has 1 heterocycles. The Morgan fingerprint density at radius 3 is 2.83 bits per heavy atom. The number of hydrogen-bond donors (Lipinski definition) is 1. The van der Waals surface area contributed by atoms with Crippen molar-refractivity contribution in [1.82, 2.24) is 4.90 Å². The molecule has 1 saturated heterocycles. The third-order valence-electron chi connectivity index (χ3n) is 2.70. The summed E-state index contributed by atoms with van der Waals surface area (Å²) < 4.78 is 5.22. The molecule has 2 rings (SSSR count). The van der Waals surface area contributed by atoms with E-state index in [9.17, 15) is 4.79 Å². The van der Waals surface area contributed by atoms with Gasteiger partial charge in [0.15, 0.2) is 0 Å². The van der Waals surface area contributed by atoms with Crippen LogP contribution in [0.5, 0.6) is 0 Å². The summed E-state index contributed by atoms with van der Waals surface area (Å²) in [5, 5.41) is 3.51. The lowest BCUT2D eigenvalue weighted by Gasteiger charge is -2.27. The van der Waals surface area contributed by atoms with Crippen LogP contribution in [0.25, 0.3) is 0 Å². The number of halogens is 1. The monoisotopic (exact) mass is 286 g/mol. The van der Waals surface area contributed by atoms with Crippen LogP contribution in [0.3, 0.4) is 0 Å². The van der Waals surface area contributed by atoms with Crippen molar-refractivity contribution < 1.29 is 9.53 Å². The molecule has 1 aromatic rings. The highest BCUT2D eigenvalue weighted by Gasteiger charge is 2.17. The molecule has 0 aliphatic carbocycles. The van der Waals surface area contributed by atoms with Gasteiger partial charge in [-0.05, 0) is 24.5 Å². The minimum atomic E-state index is -0.101. The lowest BCUT2D eigenvalue weighted by molar-refractivity contribution is 0.0564. The minimum absolute atomic E-state index is 0.101. The predicted molar refractivity (Wildman–Crippen MR) is 74.6 cm³/mol. The number of thioether (sulfide) groups is 1. The molecule has 2 amide bonds. The quantitative estimate of drug-likeness (QED) is 0.850. The van der Waals surface area contributed by atoms with E-state index in [0.717, 1.165) is 10.6 Å². The van der Waals surface area contributed by atoms with E-state index >= 15 is 0 Å². The molecule has 4 nitrogen and oxygen atoms in total. The van der Waals surface area contributed by atoms with Crippen molar-refractivity contribution in [2.45, 2.75) is 4.90 Å². The molecule has 98 valence electrons. The number of morpholine rings is 1. The highest BCUT2D eigenvalue weighted by atomic mass is 35.5. The van der Waals surface area contributed by atoms with Crippen LogP contribution in [0.2, 0.25) is 5.02 Å². The van der Waals surface area contributed by atoms with Crippen LogP contribution >= 0.6 is 23.4 Å². The zero-order chi connectivity index (χ0) is 13.0. The summed E-state index contributed by atoms with van der Waals surface area (Å²) in [4.78, 5) is 14.8. The van der Waals surface area contributed by atoms with Crippen LogP contribution in [-0.2, 0) is 4.74 Å². The second-order valence-electron chi connectivity index (χ2n) is 3.87. The molecule has 1 aromatic carbocycles. The fourth-order valence-electron chi connectivity index (χ4n) is 1.74. The van der Waals surface area contributed by atoms with Crippen molar-refractivity contribution in [2.24, 2.45) is 0 Å². The van der Waals surface area contributed by atoms with Crippen LogP contribution < -0.4 is 5.32 Å². The normalized spacial score (nSPS) is 15.6. The molecule has 1 aliphatic heterocycles. The first-order valence-corrected chi connectivity index (χ1v) is 7.28. The molecule has 0 saturated carbocycles. The van der Waals surface area contributed by atoms with Crippen molar-refractivity contribution in [2.75, 3.05) is 37.9 Å². The minimum Gasteiger partial charge on any atom is -0.378 e. The van der Waals surface area contributed by atoms with Gasteiger partial charge < -0.3 is 15.0 Å². The Bertz CT molecular complexity index is 436. The number of nitrogens with one attached hydrogen (secondary N) is 1. The topological polar surface area (TPSA) is 41.6 Å². The van der Waals surface area contributed by atoms with E-state index in [1.165, 1.54) is 0 Å². The van der Waals surface area contributed by atoms with E-state index in [4.69, 9.17) is 16.3 Å². The van der Waals surface area contributed by atoms with Gasteiger partial charge in [0, 0.05) is 23.0 Å². The molecule has 1 fully saturated rings. The lowest BCUT2D eigenvalue weighted by atomic mass is 10.3. The molecular weight excluding hydrogens is 272 g/mol. The largest absolute Gasteiger partial charge is 0.378 e. The third-order valence-corrected chi connectivity index (χ3v) is 3.73. The number of rotatable bonds is 2. The SMILES string of the molecule is CSc1ccc(Cl)cc1NC(=O)N1CCOCC1. The predicted octanol–water partition coefficient (Wildman–Crippen LogP) is 2.93. The van der Waals surface area contributed by atoms with Crippen molar-refractivity contribution in [1.29, 1.82) is 0 Å². The summed E-state index contributed by atoms with van der Waals surface area (Å²) in [6.07, 6.45) is 1.97. The van der Waals surface area contributed by atoms with Crippen molar-refractivity contribution in [3.05, 3.63) is 23.2 Å². The fourth-order valence-corrected chi connectivity index (χ4v) is 2.44. The Morgan fingerprint density at radius 2 is 2.17 bits per heavy atom. The van der Waals surface area contributed by atoms with Gasteiger partial charge in [-0.2, -0.15) is 0 Å². The number of carbonyl (C=O) groups excluding carboxylic acids is 1. The maximum Gasteiger partial charge on any atom is 0.322 e. The van der Waals surface area contributed by atoms with Gasteiger partial charge in [0.2, 0.25) is 0 Å². The van der Waals surface area contributed by atoms with E-state index in [0.29, 0.717) is 31.3 Å². The molecule has 0 unspecified atom stereocenters. The number of anilines is 1. The number of nitrogens with zero attached hydrogens (tertiary/aromatic N) is 1. The molecule has 6 heteroatoms. The molecule has 18 heavy (non-hydrogen) atoms. The summed E-state index contributed by atoms with van der Waals surface area (Å²) in [5.74, 6) is 0.